The summed E-state index contributed by atoms with van der Waals surface area (Å²) < 4.78 is 50.3. The molecule has 0 radical (unpaired) electrons. The van der Waals surface area contributed by atoms with E-state index in [0.717, 1.165) is 21.9 Å². The van der Waals surface area contributed by atoms with Crippen molar-refractivity contribution in [3.63, 3.8) is 0 Å². The van der Waals surface area contributed by atoms with Crippen molar-refractivity contribution < 1.29 is 21.9 Å². The second-order valence-electron chi connectivity index (χ2n) is 4.80. The highest BCUT2D eigenvalue weighted by Gasteiger charge is 2.40. The minimum atomic E-state index is -3.86. The Hall–Kier alpha value is -0.130. The predicted molar refractivity (Wildman–Crippen MR) is 84.8 cm³/mol. The molecule has 21 heavy (non-hydrogen) atoms. The van der Waals surface area contributed by atoms with Crippen LogP contribution in [0.1, 0.15) is 10.4 Å². The van der Waals surface area contributed by atoms with Gasteiger partial charge < -0.3 is 5.11 Å². The third kappa shape index (κ3) is 3.45. The van der Waals surface area contributed by atoms with Gasteiger partial charge in [0.25, 0.3) is 10.0 Å². The SMILES string of the molecule is Cc1cc(S(=O)(=O)N2CCSCC2S(C)(=O)=O)sc1CO. The van der Waals surface area contributed by atoms with Gasteiger partial charge in [-0.2, -0.15) is 16.1 Å². The van der Waals surface area contributed by atoms with Crippen LogP contribution in [0.5, 0.6) is 0 Å². The molecule has 0 spiro atoms. The molecule has 6 nitrogen and oxygen atoms in total. The van der Waals surface area contributed by atoms with E-state index in [1.807, 2.05) is 0 Å². The first-order chi connectivity index (χ1) is 9.67. The number of thioether (sulfide) groups is 1. The van der Waals surface area contributed by atoms with Gasteiger partial charge in [-0.1, -0.05) is 0 Å². The van der Waals surface area contributed by atoms with Gasteiger partial charge in [0.1, 0.15) is 9.58 Å². The van der Waals surface area contributed by atoms with E-state index in [-0.39, 0.29) is 23.1 Å². The van der Waals surface area contributed by atoms with Crippen LogP contribution in [0.3, 0.4) is 0 Å². The number of thiophene rings is 1. The number of aliphatic hydroxyl groups is 1. The Bertz CT molecular complexity index is 722. The number of nitrogens with zero attached hydrogens (tertiary/aromatic N) is 1. The van der Waals surface area contributed by atoms with Crippen molar-refractivity contribution in [3.05, 3.63) is 16.5 Å². The lowest BCUT2D eigenvalue weighted by atomic mass is 10.3. The summed E-state index contributed by atoms with van der Waals surface area (Å²) in [6.45, 7) is 1.68. The minimum absolute atomic E-state index is 0.0876. The van der Waals surface area contributed by atoms with Crippen molar-refractivity contribution >= 4 is 43.0 Å². The molecular formula is C11H17NO5S4. The highest BCUT2D eigenvalue weighted by molar-refractivity contribution is 8.01. The van der Waals surface area contributed by atoms with E-state index in [4.69, 9.17) is 0 Å². The molecule has 1 fully saturated rings. The summed E-state index contributed by atoms with van der Waals surface area (Å²) in [5, 5.41) is 8.17. The average Bonchev–Trinajstić information content (AvgIpc) is 2.80. The van der Waals surface area contributed by atoms with E-state index in [2.05, 4.69) is 0 Å². The molecule has 1 aliphatic rings. The van der Waals surface area contributed by atoms with Crippen molar-refractivity contribution in [2.45, 2.75) is 23.1 Å². The van der Waals surface area contributed by atoms with Gasteiger partial charge in [0.05, 0.1) is 6.61 Å². The molecule has 0 saturated carbocycles. The number of hydrogen-bond acceptors (Lipinski definition) is 7. The molecule has 1 aliphatic heterocycles. The zero-order valence-electron chi connectivity index (χ0n) is 11.6. The lowest BCUT2D eigenvalue weighted by Crippen LogP contribution is -2.49. The maximum atomic E-state index is 12.7. The Balaban J connectivity index is 2.45. The van der Waals surface area contributed by atoms with Crippen LogP contribution in [0.4, 0.5) is 0 Å². The molecule has 0 aromatic carbocycles. The number of rotatable bonds is 4. The molecule has 1 aromatic heterocycles. The summed E-state index contributed by atoms with van der Waals surface area (Å²) in [5.74, 6) is 0.817. The van der Waals surface area contributed by atoms with Crippen LogP contribution in [0.15, 0.2) is 10.3 Å². The zero-order chi connectivity index (χ0) is 15.8. The fourth-order valence-electron chi connectivity index (χ4n) is 2.07. The summed E-state index contributed by atoms with van der Waals surface area (Å²) >= 11 is 2.43. The van der Waals surface area contributed by atoms with Crippen molar-refractivity contribution in [2.24, 2.45) is 0 Å². The molecule has 2 heterocycles. The van der Waals surface area contributed by atoms with Gasteiger partial charge in [-0.15, -0.1) is 11.3 Å². The standard InChI is InChI=1S/C11H17NO5S4/c1-8-5-11(19-9(8)6-13)21(16,17)12-3-4-18-7-10(12)20(2,14)15/h5,10,13H,3-4,6-7H2,1-2H3. The van der Waals surface area contributed by atoms with E-state index in [1.54, 1.807) is 6.92 Å². The van der Waals surface area contributed by atoms with Crippen LogP contribution in [0, 0.1) is 6.92 Å². The van der Waals surface area contributed by atoms with Gasteiger partial charge in [0.2, 0.25) is 0 Å². The number of hydrogen-bond donors (Lipinski definition) is 1. The maximum absolute atomic E-state index is 12.7. The van der Waals surface area contributed by atoms with Gasteiger partial charge in [0.15, 0.2) is 9.84 Å². The molecule has 2 rings (SSSR count). The molecule has 1 N–H and O–H groups in total. The highest BCUT2D eigenvalue weighted by atomic mass is 32.2. The Kier molecular flexibility index (Phi) is 5.06. The second-order valence-corrected chi connectivity index (χ2v) is 11.4. The zero-order valence-corrected chi connectivity index (χ0v) is 14.9. The molecule has 1 unspecified atom stereocenters. The molecule has 10 heteroatoms. The smallest absolute Gasteiger partial charge is 0.253 e. The van der Waals surface area contributed by atoms with Crippen LogP contribution in [-0.2, 0) is 26.5 Å². The predicted octanol–water partition coefficient (Wildman–Crippen LogP) is 0.657. The van der Waals surface area contributed by atoms with Gasteiger partial charge in [-0.05, 0) is 18.6 Å². The van der Waals surface area contributed by atoms with Gasteiger partial charge >= 0.3 is 0 Å². The Morgan fingerprint density at radius 3 is 2.57 bits per heavy atom. The second kappa shape index (κ2) is 6.17. The van der Waals surface area contributed by atoms with Crippen LogP contribution >= 0.6 is 23.1 Å². The molecule has 1 atom stereocenters. The van der Waals surface area contributed by atoms with Crippen LogP contribution < -0.4 is 0 Å². The van der Waals surface area contributed by atoms with Crippen molar-refractivity contribution in [1.29, 1.82) is 0 Å². The molecule has 1 aromatic rings. The molecular weight excluding hydrogens is 354 g/mol. The van der Waals surface area contributed by atoms with Crippen molar-refractivity contribution in [2.75, 3.05) is 24.3 Å². The first-order valence-corrected chi connectivity index (χ1v) is 11.5. The van der Waals surface area contributed by atoms with Gasteiger partial charge in [-0.3, -0.25) is 0 Å². The highest BCUT2D eigenvalue weighted by Crippen LogP contribution is 2.32. The summed E-state index contributed by atoms with van der Waals surface area (Å²) in [6.07, 6.45) is 1.06. The molecule has 0 bridgehead atoms. The van der Waals surface area contributed by atoms with Gasteiger partial charge in [0, 0.05) is 29.2 Å². The van der Waals surface area contributed by atoms with Gasteiger partial charge in [-0.25, -0.2) is 16.8 Å². The summed E-state index contributed by atoms with van der Waals surface area (Å²) in [5.41, 5.74) is 0.698. The molecule has 0 amide bonds. The van der Waals surface area contributed by atoms with E-state index in [9.17, 15) is 21.9 Å². The van der Waals surface area contributed by atoms with E-state index < -0.39 is 25.2 Å². The van der Waals surface area contributed by atoms with Crippen LogP contribution in [-0.4, -0.2) is 55.9 Å². The third-order valence-corrected chi connectivity index (χ3v) is 9.59. The quantitative estimate of drug-likeness (QED) is 0.836. The maximum Gasteiger partial charge on any atom is 0.253 e. The molecule has 120 valence electrons. The molecule has 1 saturated heterocycles. The number of aliphatic hydroxyl groups excluding tert-OH is 1. The monoisotopic (exact) mass is 371 g/mol. The third-order valence-electron chi connectivity index (χ3n) is 3.24. The van der Waals surface area contributed by atoms with E-state index in [1.165, 1.54) is 17.8 Å². The van der Waals surface area contributed by atoms with E-state index >= 15 is 0 Å². The molecule has 0 aliphatic carbocycles. The fourth-order valence-corrected chi connectivity index (χ4v) is 8.81. The summed E-state index contributed by atoms with van der Waals surface area (Å²) in [6, 6.07) is 1.49. The lowest BCUT2D eigenvalue weighted by Gasteiger charge is -2.32. The van der Waals surface area contributed by atoms with Crippen LogP contribution in [0.2, 0.25) is 0 Å². The number of aryl methyl sites for hydroxylation is 1. The largest absolute Gasteiger partial charge is 0.391 e. The minimum Gasteiger partial charge on any atom is -0.391 e. The Labute approximate surface area is 133 Å². The topological polar surface area (TPSA) is 91.8 Å². The average molecular weight is 372 g/mol. The number of sulfone groups is 1. The Morgan fingerprint density at radius 2 is 2.05 bits per heavy atom. The lowest BCUT2D eigenvalue weighted by molar-refractivity contribution is 0.285. The summed E-state index contributed by atoms with van der Waals surface area (Å²) in [4.78, 5) is 0.580. The first kappa shape index (κ1) is 17.2. The fraction of sp³-hybridized carbons (Fsp3) is 0.636. The van der Waals surface area contributed by atoms with Crippen molar-refractivity contribution in [3.8, 4) is 0 Å². The summed E-state index contributed by atoms with van der Waals surface area (Å²) in [7, 11) is -7.35. The van der Waals surface area contributed by atoms with Crippen LogP contribution in [0.25, 0.3) is 0 Å². The Morgan fingerprint density at radius 1 is 1.38 bits per heavy atom. The van der Waals surface area contributed by atoms with Crippen molar-refractivity contribution in [1.82, 2.24) is 4.31 Å². The number of sulfonamides is 1. The first-order valence-electron chi connectivity index (χ1n) is 6.16. The van der Waals surface area contributed by atoms with E-state index in [0.29, 0.717) is 16.2 Å². The normalized spacial score (nSPS) is 21.6.